The molecule has 0 aliphatic heterocycles. The van der Waals surface area contributed by atoms with Gasteiger partial charge in [0.25, 0.3) is 0 Å². The van der Waals surface area contributed by atoms with E-state index in [0.717, 1.165) is 5.69 Å². The van der Waals surface area contributed by atoms with Gasteiger partial charge in [-0.2, -0.15) is 0 Å². The van der Waals surface area contributed by atoms with Crippen LogP contribution < -0.4 is 0 Å². The second-order valence-corrected chi connectivity index (χ2v) is 3.07. The fourth-order valence-corrected chi connectivity index (χ4v) is 1.48. The molecule has 0 aliphatic carbocycles. The number of aromatic nitrogens is 1. The molecule has 74 valence electrons. The molecule has 1 heteroatoms. The molecule has 0 aliphatic rings. The molecule has 0 spiro atoms. The fourth-order valence-electron chi connectivity index (χ4n) is 1.48. The van der Waals surface area contributed by atoms with E-state index in [1.807, 2.05) is 27.0 Å². The molecule has 0 saturated carbocycles. The van der Waals surface area contributed by atoms with Crippen molar-refractivity contribution in [1.82, 2.24) is 4.98 Å². The summed E-state index contributed by atoms with van der Waals surface area (Å²) < 4.78 is 0. The zero-order valence-corrected chi connectivity index (χ0v) is 9.33. The second-order valence-electron chi connectivity index (χ2n) is 3.07. The summed E-state index contributed by atoms with van der Waals surface area (Å²) in [5.41, 5.74) is 2.35. The van der Waals surface area contributed by atoms with Gasteiger partial charge in [-0.25, -0.2) is 0 Å². The maximum atomic E-state index is 4.31. The molecule has 1 heterocycles. The van der Waals surface area contributed by atoms with Crippen molar-refractivity contribution in [2.75, 3.05) is 0 Å². The maximum Gasteiger partial charge on any atom is 0.0451 e. The summed E-state index contributed by atoms with van der Waals surface area (Å²) in [6.07, 6.45) is 1.93. The number of hydrogen-bond acceptors (Lipinski definition) is 1. The highest BCUT2D eigenvalue weighted by Crippen LogP contribution is 2.18. The minimum Gasteiger partial charge on any atom is -0.261 e. The van der Waals surface area contributed by atoms with Crippen LogP contribution in [0.25, 0.3) is 10.8 Å². The van der Waals surface area contributed by atoms with Crippen LogP contribution in [0, 0.1) is 13.8 Å². The largest absolute Gasteiger partial charge is 0.261 e. The van der Waals surface area contributed by atoms with Gasteiger partial charge in [-0.3, -0.25) is 4.98 Å². The van der Waals surface area contributed by atoms with E-state index in [2.05, 4.69) is 36.2 Å². The van der Waals surface area contributed by atoms with E-state index in [4.69, 9.17) is 0 Å². The van der Waals surface area contributed by atoms with Gasteiger partial charge in [-0.05, 0) is 24.8 Å². The Morgan fingerprint density at radius 1 is 0.929 bits per heavy atom. The Kier molecular flexibility index (Phi) is 3.63. The average molecular weight is 187 g/mol. The summed E-state index contributed by atoms with van der Waals surface area (Å²) in [5, 5.41) is 2.57. The molecule has 2 rings (SSSR count). The van der Waals surface area contributed by atoms with Crippen LogP contribution >= 0.6 is 0 Å². The zero-order valence-electron chi connectivity index (χ0n) is 9.33. The van der Waals surface area contributed by atoms with E-state index in [-0.39, 0.29) is 0 Å². The molecule has 0 amide bonds. The smallest absolute Gasteiger partial charge is 0.0451 e. The molecule has 1 nitrogen and oxygen atoms in total. The topological polar surface area (TPSA) is 12.9 Å². The normalized spacial score (nSPS) is 9.43. The van der Waals surface area contributed by atoms with Gasteiger partial charge in [0.05, 0.1) is 0 Å². The highest BCUT2D eigenvalue weighted by molar-refractivity contribution is 5.86. The Hall–Kier alpha value is -1.37. The van der Waals surface area contributed by atoms with Crippen molar-refractivity contribution < 1.29 is 0 Å². The van der Waals surface area contributed by atoms with Crippen molar-refractivity contribution in [3.8, 4) is 0 Å². The van der Waals surface area contributed by atoms with Gasteiger partial charge in [-0.1, -0.05) is 38.1 Å². The quantitative estimate of drug-likeness (QED) is 0.610. The molecular formula is C13H17N. The molecule has 1 aromatic heterocycles. The average Bonchev–Trinajstić information content (AvgIpc) is 2.27. The molecule has 1 aromatic carbocycles. The first-order valence-corrected chi connectivity index (χ1v) is 5.10. The first-order valence-electron chi connectivity index (χ1n) is 5.10. The third kappa shape index (κ3) is 1.92. The Morgan fingerprint density at radius 3 is 2.07 bits per heavy atom. The van der Waals surface area contributed by atoms with Crippen LogP contribution in [0.15, 0.2) is 30.5 Å². The first kappa shape index (κ1) is 10.7. The van der Waals surface area contributed by atoms with Crippen molar-refractivity contribution >= 4 is 10.8 Å². The van der Waals surface area contributed by atoms with E-state index >= 15 is 0 Å². The van der Waals surface area contributed by atoms with Crippen LogP contribution in [0.4, 0.5) is 0 Å². The molecule has 0 bridgehead atoms. The highest BCUT2D eigenvalue weighted by Gasteiger charge is 1.98. The number of pyridine rings is 1. The van der Waals surface area contributed by atoms with Crippen molar-refractivity contribution in [2.45, 2.75) is 27.7 Å². The van der Waals surface area contributed by atoms with Gasteiger partial charge in [0, 0.05) is 17.3 Å². The molecule has 0 N–H and O–H groups in total. The summed E-state index contributed by atoms with van der Waals surface area (Å²) in [7, 11) is 0. The molecular weight excluding hydrogens is 170 g/mol. The van der Waals surface area contributed by atoms with E-state index in [9.17, 15) is 0 Å². The van der Waals surface area contributed by atoms with Crippen LogP contribution in [0.1, 0.15) is 25.1 Å². The minimum atomic E-state index is 1.11. The summed E-state index contributed by atoms with van der Waals surface area (Å²) in [5.74, 6) is 0. The Balaban J connectivity index is 0.000000461. The molecule has 0 unspecified atom stereocenters. The predicted molar refractivity (Wildman–Crippen MR) is 62.6 cm³/mol. The van der Waals surface area contributed by atoms with Crippen LogP contribution in [-0.2, 0) is 0 Å². The van der Waals surface area contributed by atoms with E-state index in [1.165, 1.54) is 16.3 Å². The number of aryl methyl sites for hydroxylation is 2. The SMILES string of the molecule is CC.Cc1cnc(C)c2ccccc12. The summed E-state index contributed by atoms with van der Waals surface area (Å²) >= 11 is 0. The summed E-state index contributed by atoms with van der Waals surface area (Å²) in [6, 6.07) is 8.37. The van der Waals surface area contributed by atoms with Crippen LogP contribution in [0.2, 0.25) is 0 Å². The van der Waals surface area contributed by atoms with Crippen molar-refractivity contribution in [3.63, 3.8) is 0 Å². The van der Waals surface area contributed by atoms with Gasteiger partial charge in [0.2, 0.25) is 0 Å². The minimum absolute atomic E-state index is 1.11. The molecule has 0 fully saturated rings. The van der Waals surface area contributed by atoms with E-state index in [1.54, 1.807) is 0 Å². The lowest BCUT2D eigenvalue weighted by Crippen LogP contribution is -1.86. The van der Waals surface area contributed by atoms with Crippen LogP contribution in [0.3, 0.4) is 0 Å². The van der Waals surface area contributed by atoms with E-state index < -0.39 is 0 Å². The lowest BCUT2D eigenvalue weighted by Gasteiger charge is -2.02. The van der Waals surface area contributed by atoms with Crippen molar-refractivity contribution in [1.29, 1.82) is 0 Å². The molecule has 14 heavy (non-hydrogen) atoms. The first-order chi connectivity index (χ1) is 6.79. The fraction of sp³-hybridized carbons (Fsp3) is 0.308. The number of benzene rings is 1. The monoisotopic (exact) mass is 187 g/mol. The van der Waals surface area contributed by atoms with E-state index in [0.29, 0.717) is 0 Å². The van der Waals surface area contributed by atoms with Gasteiger partial charge >= 0.3 is 0 Å². The number of nitrogens with zero attached hydrogens (tertiary/aromatic N) is 1. The predicted octanol–water partition coefficient (Wildman–Crippen LogP) is 3.88. The lowest BCUT2D eigenvalue weighted by atomic mass is 10.1. The third-order valence-electron chi connectivity index (χ3n) is 2.19. The lowest BCUT2D eigenvalue weighted by molar-refractivity contribution is 1.21. The summed E-state index contributed by atoms with van der Waals surface area (Å²) in [6.45, 7) is 8.14. The Morgan fingerprint density at radius 2 is 1.50 bits per heavy atom. The number of fused-ring (bicyclic) bond motifs is 1. The molecule has 2 aromatic rings. The van der Waals surface area contributed by atoms with Crippen LogP contribution in [-0.4, -0.2) is 4.98 Å². The Labute approximate surface area is 85.8 Å². The molecule has 0 atom stereocenters. The molecule has 0 saturated heterocycles. The number of rotatable bonds is 0. The van der Waals surface area contributed by atoms with Crippen molar-refractivity contribution in [2.24, 2.45) is 0 Å². The van der Waals surface area contributed by atoms with Gasteiger partial charge < -0.3 is 0 Å². The zero-order chi connectivity index (χ0) is 10.6. The second kappa shape index (κ2) is 4.75. The summed E-state index contributed by atoms with van der Waals surface area (Å²) in [4.78, 5) is 4.31. The maximum absolute atomic E-state index is 4.31. The van der Waals surface area contributed by atoms with Gasteiger partial charge in [0.15, 0.2) is 0 Å². The standard InChI is InChI=1S/C11H11N.C2H6/c1-8-7-12-9(2)11-6-4-3-5-10(8)11;1-2/h3-7H,1-2H3;1-2H3. The van der Waals surface area contributed by atoms with Crippen molar-refractivity contribution in [3.05, 3.63) is 41.7 Å². The van der Waals surface area contributed by atoms with Crippen LogP contribution in [0.5, 0.6) is 0 Å². The number of hydrogen-bond donors (Lipinski definition) is 0. The molecule has 0 radical (unpaired) electrons. The highest BCUT2D eigenvalue weighted by atomic mass is 14.7. The van der Waals surface area contributed by atoms with Gasteiger partial charge in [0.1, 0.15) is 0 Å². The Bertz CT molecular complexity index is 378. The van der Waals surface area contributed by atoms with Gasteiger partial charge in [-0.15, -0.1) is 0 Å². The third-order valence-corrected chi connectivity index (χ3v) is 2.19.